The molecule has 5 aliphatic carbocycles. The highest BCUT2D eigenvalue weighted by atomic mass is 16.6. The van der Waals surface area contributed by atoms with Gasteiger partial charge in [0.2, 0.25) is 0 Å². The molecule has 0 amide bonds. The molecule has 12 atom stereocenters. The first-order chi connectivity index (χ1) is 25.6. The molecule has 5 rings (SSSR count). The van der Waals surface area contributed by atoms with Gasteiger partial charge in [-0.2, -0.15) is 0 Å². The zero-order valence-electron chi connectivity index (χ0n) is 35.7. The molecule has 0 heterocycles. The molecule has 0 saturated heterocycles. The fraction of sp³-hybridized carbons (Fsp3) is 0.761. The molecule has 0 aliphatic heterocycles. The van der Waals surface area contributed by atoms with Crippen LogP contribution in [0.4, 0.5) is 0 Å². The third-order valence-electron chi connectivity index (χ3n) is 16.7. The number of hydrogen-bond donors (Lipinski definition) is 3. The van der Waals surface area contributed by atoms with E-state index in [0.717, 1.165) is 32.1 Å². The normalized spacial score (nSPS) is 42.8. The van der Waals surface area contributed by atoms with E-state index in [1.807, 2.05) is 20.8 Å². The number of hydrogen-bond acceptors (Lipinski definition) is 9. The van der Waals surface area contributed by atoms with Crippen molar-refractivity contribution in [3.8, 4) is 0 Å². The zero-order chi connectivity index (χ0) is 41.1. The van der Waals surface area contributed by atoms with Crippen LogP contribution in [0.1, 0.15) is 134 Å². The summed E-state index contributed by atoms with van der Waals surface area (Å²) in [5.41, 5.74) is -0.886. The van der Waals surface area contributed by atoms with Gasteiger partial charge in [0.15, 0.2) is 0 Å². The molecule has 0 aromatic heterocycles. The summed E-state index contributed by atoms with van der Waals surface area (Å²) in [6.07, 6.45) is 9.17. The van der Waals surface area contributed by atoms with Crippen molar-refractivity contribution >= 4 is 17.9 Å². The van der Waals surface area contributed by atoms with E-state index in [-0.39, 0.29) is 47.8 Å². The summed E-state index contributed by atoms with van der Waals surface area (Å²) in [5, 5.41) is 36.7. The van der Waals surface area contributed by atoms with E-state index < -0.39 is 58.0 Å². The Morgan fingerprint density at radius 3 is 1.89 bits per heavy atom. The molecule has 3 unspecified atom stereocenters. The standard InChI is InChI=1S/C46H70O9/c1-13-27(5)38(50)53-25-43(11)32-19-22-44(12)33(42(32,10)21-20-34(43)47)18-17-30-31-23-41(8,9)36(49)37(55-40(52)29(7)15-3)46(31,26-54-39(51)28(6)14-2)35(48)24-45(30,44)16-4/h13-15,17,31-37,47-49H,16,18-26H2,1-12H3/b27-13-,28-14-,29-15-/t31?,32?,33?,34-,35+,36-,37-,42-,43+,44+,45+,46-/m0/s1. The lowest BCUT2D eigenvalue weighted by Gasteiger charge is -2.73. The van der Waals surface area contributed by atoms with Crippen LogP contribution in [-0.2, 0) is 28.6 Å². The van der Waals surface area contributed by atoms with Gasteiger partial charge in [0.05, 0.1) is 30.3 Å². The molecule has 4 saturated carbocycles. The van der Waals surface area contributed by atoms with Crippen LogP contribution in [0.2, 0.25) is 0 Å². The Bertz CT molecular complexity index is 1650. The van der Waals surface area contributed by atoms with Gasteiger partial charge < -0.3 is 29.5 Å². The SMILES string of the molecule is C/C=C(/C)C(=O)OC[C@@]12C(CC(C)(C)[C@@H](O)[C@@H]1OC(=O)/C(C)=C\C)C1=CCC3[C@@]4(C)CC[C@H](O)[C@](C)(COC(=O)/C(C)=C\C)C4CC[C@@]3(C)[C@]1(CC)C[C@H]2O. The molecule has 0 spiro atoms. The smallest absolute Gasteiger partial charge is 0.333 e. The highest BCUT2D eigenvalue weighted by Crippen LogP contribution is 2.76. The molecule has 0 radical (unpaired) electrons. The molecule has 0 aromatic rings. The molecule has 3 N–H and O–H groups in total. The molecule has 5 aliphatic rings. The Labute approximate surface area is 330 Å². The second-order valence-corrected chi connectivity index (χ2v) is 19.4. The van der Waals surface area contributed by atoms with Crippen molar-refractivity contribution in [1.82, 2.24) is 0 Å². The molecule has 0 aromatic carbocycles. The topological polar surface area (TPSA) is 140 Å². The van der Waals surface area contributed by atoms with Gasteiger partial charge >= 0.3 is 17.9 Å². The summed E-state index contributed by atoms with van der Waals surface area (Å²) in [6.45, 7) is 23.5. The van der Waals surface area contributed by atoms with Crippen molar-refractivity contribution < 1.29 is 43.9 Å². The fourth-order valence-corrected chi connectivity index (χ4v) is 12.7. The number of esters is 3. The maximum absolute atomic E-state index is 13.6. The first-order valence-corrected chi connectivity index (χ1v) is 20.8. The van der Waals surface area contributed by atoms with Crippen LogP contribution in [0.25, 0.3) is 0 Å². The van der Waals surface area contributed by atoms with Crippen LogP contribution in [-0.4, -0.2) is 70.9 Å². The minimum absolute atomic E-state index is 0.105. The van der Waals surface area contributed by atoms with Gasteiger partial charge in [0, 0.05) is 22.1 Å². The van der Waals surface area contributed by atoms with E-state index in [1.165, 1.54) is 5.57 Å². The largest absolute Gasteiger partial charge is 0.462 e. The van der Waals surface area contributed by atoms with Crippen LogP contribution >= 0.6 is 0 Å². The molecule has 308 valence electrons. The number of carbonyl (C=O) groups excluding carboxylic acids is 3. The van der Waals surface area contributed by atoms with E-state index in [9.17, 15) is 29.7 Å². The number of allylic oxidation sites excluding steroid dienone is 5. The highest BCUT2D eigenvalue weighted by molar-refractivity contribution is 5.88. The van der Waals surface area contributed by atoms with Crippen molar-refractivity contribution in [3.05, 3.63) is 46.6 Å². The Kier molecular flexibility index (Phi) is 12.0. The Hall–Kier alpha value is -2.75. The summed E-state index contributed by atoms with van der Waals surface area (Å²) in [6, 6.07) is 0. The summed E-state index contributed by atoms with van der Waals surface area (Å²) in [5.74, 6) is -1.46. The third-order valence-corrected chi connectivity index (χ3v) is 16.7. The zero-order valence-corrected chi connectivity index (χ0v) is 35.7. The van der Waals surface area contributed by atoms with Crippen molar-refractivity contribution in [3.63, 3.8) is 0 Å². The predicted octanol–water partition coefficient (Wildman–Crippen LogP) is 7.97. The van der Waals surface area contributed by atoms with Crippen LogP contribution in [0.5, 0.6) is 0 Å². The number of ether oxygens (including phenoxy) is 3. The van der Waals surface area contributed by atoms with E-state index >= 15 is 0 Å². The lowest BCUT2D eigenvalue weighted by molar-refractivity contribution is -0.267. The second kappa shape index (κ2) is 15.2. The maximum Gasteiger partial charge on any atom is 0.333 e. The predicted molar refractivity (Wildman–Crippen MR) is 212 cm³/mol. The maximum atomic E-state index is 13.6. The van der Waals surface area contributed by atoms with Crippen LogP contribution in [0.15, 0.2) is 46.6 Å². The monoisotopic (exact) mass is 767 g/mol. The fourth-order valence-electron chi connectivity index (χ4n) is 12.7. The first kappa shape index (κ1) is 43.4. The summed E-state index contributed by atoms with van der Waals surface area (Å²) < 4.78 is 18.3. The van der Waals surface area contributed by atoms with Crippen molar-refractivity contribution in [1.29, 1.82) is 0 Å². The van der Waals surface area contributed by atoms with Gasteiger partial charge in [0.25, 0.3) is 0 Å². The minimum Gasteiger partial charge on any atom is -0.462 e. The van der Waals surface area contributed by atoms with Crippen molar-refractivity contribution in [2.45, 2.75) is 159 Å². The summed E-state index contributed by atoms with van der Waals surface area (Å²) >= 11 is 0. The molecule has 4 fully saturated rings. The molecule has 55 heavy (non-hydrogen) atoms. The van der Waals surface area contributed by atoms with Crippen LogP contribution in [0, 0.1) is 50.2 Å². The van der Waals surface area contributed by atoms with Gasteiger partial charge in [-0.3, -0.25) is 0 Å². The Morgan fingerprint density at radius 1 is 0.764 bits per heavy atom. The average Bonchev–Trinajstić information content (AvgIpc) is 3.15. The molecule has 9 heteroatoms. The quantitative estimate of drug-likeness (QED) is 0.0923. The molecular formula is C46H70O9. The van der Waals surface area contributed by atoms with Gasteiger partial charge in [-0.15, -0.1) is 0 Å². The number of aliphatic hydroxyl groups is 3. The van der Waals surface area contributed by atoms with E-state index in [2.05, 4.69) is 33.8 Å². The van der Waals surface area contributed by atoms with Gasteiger partial charge in [0.1, 0.15) is 12.7 Å². The van der Waals surface area contributed by atoms with Crippen molar-refractivity contribution in [2.75, 3.05) is 13.2 Å². The molecule has 0 bridgehead atoms. The van der Waals surface area contributed by atoms with Gasteiger partial charge in [-0.25, -0.2) is 14.4 Å². The lowest BCUT2D eigenvalue weighted by atomic mass is 9.32. The first-order valence-electron chi connectivity index (χ1n) is 20.8. The third kappa shape index (κ3) is 6.50. The van der Waals surface area contributed by atoms with Crippen LogP contribution < -0.4 is 0 Å². The average molecular weight is 767 g/mol. The number of carbonyl (C=O) groups is 3. The van der Waals surface area contributed by atoms with E-state index in [4.69, 9.17) is 14.2 Å². The number of rotatable bonds is 9. The summed E-state index contributed by atoms with van der Waals surface area (Å²) in [7, 11) is 0. The number of fused-ring (bicyclic) bond motifs is 7. The van der Waals surface area contributed by atoms with E-state index in [1.54, 1.807) is 52.8 Å². The van der Waals surface area contributed by atoms with Gasteiger partial charge in [-0.05, 0) is 132 Å². The summed E-state index contributed by atoms with van der Waals surface area (Å²) in [4.78, 5) is 39.7. The number of aliphatic hydroxyl groups excluding tert-OH is 3. The van der Waals surface area contributed by atoms with Crippen LogP contribution in [0.3, 0.4) is 0 Å². The van der Waals surface area contributed by atoms with Crippen molar-refractivity contribution in [2.24, 2.45) is 50.2 Å². The Balaban J connectivity index is 1.64. The lowest BCUT2D eigenvalue weighted by Crippen LogP contribution is -2.72. The Morgan fingerprint density at radius 2 is 1.33 bits per heavy atom. The van der Waals surface area contributed by atoms with E-state index in [0.29, 0.717) is 36.0 Å². The molecule has 9 nitrogen and oxygen atoms in total. The van der Waals surface area contributed by atoms with Gasteiger partial charge in [-0.1, -0.05) is 71.4 Å². The highest BCUT2D eigenvalue weighted by Gasteiger charge is 2.74. The molecular weight excluding hydrogens is 696 g/mol. The minimum atomic E-state index is -1.29. The second-order valence-electron chi connectivity index (χ2n) is 19.4.